The Morgan fingerprint density at radius 2 is 1.91 bits per heavy atom. The van der Waals surface area contributed by atoms with Crippen LogP contribution >= 0.6 is 11.6 Å². The predicted octanol–water partition coefficient (Wildman–Crippen LogP) is 5.20. The molecule has 0 unspecified atom stereocenters. The van der Waals surface area contributed by atoms with E-state index in [2.05, 4.69) is 15.1 Å². The van der Waals surface area contributed by atoms with Crippen LogP contribution in [0.15, 0.2) is 34.9 Å². The average Bonchev–Trinajstić information content (AvgIpc) is 3.34. The fourth-order valence-electron chi connectivity index (χ4n) is 4.25. The van der Waals surface area contributed by atoms with Gasteiger partial charge in [0.15, 0.2) is 11.5 Å². The zero-order valence-corrected chi connectivity index (χ0v) is 19.4. The molecule has 0 aliphatic carbocycles. The van der Waals surface area contributed by atoms with Crippen molar-refractivity contribution in [1.82, 2.24) is 20.0 Å². The molecule has 0 radical (unpaired) electrons. The van der Waals surface area contributed by atoms with Crippen molar-refractivity contribution in [3.63, 3.8) is 0 Å². The summed E-state index contributed by atoms with van der Waals surface area (Å²) in [4.78, 5) is 10.4. The first-order valence-corrected chi connectivity index (χ1v) is 10.9. The van der Waals surface area contributed by atoms with Gasteiger partial charge in [-0.25, -0.2) is 18.2 Å². The molecule has 2 aromatic heterocycles. The Hall–Kier alpha value is -2.65. The van der Waals surface area contributed by atoms with E-state index >= 15 is 0 Å². The van der Waals surface area contributed by atoms with Crippen molar-refractivity contribution < 1.29 is 22.4 Å². The average molecular weight is 481 g/mol. The standard InChI is InChI=1S/C23H24ClF3N4O2/c1-12(17-8-13(25)11-31(17)4)32-20-10-19(24)28-22(29-20)16-9-18(33-30-16)23(2,3)21-14(26)6-5-7-15(21)27/h5-7,9-10,12-13,17H,8,11H2,1-4H3/t12-,13+,17-/m0/s1. The number of ether oxygens (including phenoxy) is 1. The van der Waals surface area contributed by atoms with Gasteiger partial charge in [0.1, 0.15) is 34.8 Å². The van der Waals surface area contributed by atoms with Gasteiger partial charge in [-0.15, -0.1) is 0 Å². The van der Waals surface area contributed by atoms with Gasteiger partial charge in [-0.1, -0.05) is 22.8 Å². The molecular weight excluding hydrogens is 457 g/mol. The molecule has 1 aliphatic heterocycles. The highest BCUT2D eigenvalue weighted by atomic mass is 35.5. The Morgan fingerprint density at radius 3 is 2.55 bits per heavy atom. The number of hydrogen-bond donors (Lipinski definition) is 0. The number of rotatable bonds is 6. The number of halogens is 4. The van der Waals surface area contributed by atoms with Gasteiger partial charge in [0.25, 0.3) is 0 Å². The van der Waals surface area contributed by atoms with Crippen LogP contribution in [0.3, 0.4) is 0 Å². The van der Waals surface area contributed by atoms with Crippen LogP contribution in [0.5, 0.6) is 5.88 Å². The molecule has 3 heterocycles. The van der Waals surface area contributed by atoms with Crippen LogP contribution in [0.25, 0.3) is 11.5 Å². The second-order valence-electron chi connectivity index (χ2n) is 8.81. The molecule has 0 amide bonds. The molecule has 1 aromatic carbocycles. The van der Waals surface area contributed by atoms with Gasteiger partial charge in [0.2, 0.25) is 5.88 Å². The van der Waals surface area contributed by atoms with E-state index in [1.807, 2.05) is 18.9 Å². The minimum Gasteiger partial charge on any atom is -0.473 e. The summed E-state index contributed by atoms with van der Waals surface area (Å²) >= 11 is 6.17. The van der Waals surface area contributed by atoms with Crippen LogP contribution in [0.1, 0.15) is 38.5 Å². The second kappa shape index (κ2) is 8.95. The molecule has 33 heavy (non-hydrogen) atoms. The van der Waals surface area contributed by atoms with Crippen molar-refractivity contribution in [2.45, 2.75) is 50.9 Å². The topological polar surface area (TPSA) is 64.3 Å². The summed E-state index contributed by atoms with van der Waals surface area (Å²) in [6.45, 7) is 5.46. The first-order chi connectivity index (χ1) is 15.6. The number of alkyl halides is 1. The number of likely N-dealkylation sites (N-methyl/N-ethyl adjacent to an activating group) is 1. The van der Waals surface area contributed by atoms with E-state index < -0.39 is 23.2 Å². The Morgan fingerprint density at radius 1 is 1.21 bits per heavy atom. The maximum atomic E-state index is 14.4. The minimum absolute atomic E-state index is 0.104. The van der Waals surface area contributed by atoms with Crippen LogP contribution in [0, 0.1) is 11.6 Å². The zero-order valence-electron chi connectivity index (χ0n) is 18.7. The highest BCUT2D eigenvalue weighted by Crippen LogP contribution is 2.36. The Bertz CT molecular complexity index is 1140. The molecule has 1 aliphatic rings. The number of nitrogens with zero attached hydrogens (tertiary/aromatic N) is 4. The molecule has 4 rings (SSSR count). The van der Waals surface area contributed by atoms with E-state index in [9.17, 15) is 13.2 Å². The van der Waals surface area contributed by atoms with Crippen molar-refractivity contribution in [3.05, 3.63) is 58.4 Å². The van der Waals surface area contributed by atoms with Gasteiger partial charge < -0.3 is 9.26 Å². The molecule has 1 fully saturated rings. The van der Waals surface area contributed by atoms with Crippen LogP contribution < -0.4 is 4.74 Å². The highest BCUT2D eigenvalue weighted by Gasteiger charge is 2.35. The van der Waals surface area contributed by atoms with E-state index in [1.165, 1.54) is 30.3 Å². The molecule has 3 aromatic rings. The van der Waals surface area contributed by atoms with Gasteiger partial charge in [0.05, 0.1) is 5.41 Å². The quantitative estimate of drug-likeness (QED) is 0.452. The van der Waals surface area contributed by atoms with E-state index in [1.54, 1.807) is 13.8 Å². The molecule has 10 heteroatoms. The lowest BCUT2D eigenvalue weighted by Gasteiger charge is -2.26. The minimum atomic E-state index is -1.15. The van der Waals surface area contributed by atoms with Crippen molar-refractivity contribution in [2.75, 3.05) is 13.6 Å². The second-order valence-corrected chi connectivity index (χ2v) is 9.20. The first kappa shape index (κ1) is 23.5. The lowest BCUT2D eigenvalue weighted by molar-refractivity contribution is 0.117. The first-order valence-electron chi connectivity index (χ1n) is 10.5. The van der Waals surface area contributed by atoms with E-state index in [0.29, 0.717) is 13.0 Å². The lowest BCUT2D eigenvalue weighted by atomic mass is 9.81. The van der Waals surface area contributed by atoms with Crippen LogP contribution in [-0.2, 0) is 5.41 Å². The molecule has 1 saturated heterocycles. The summed E-state index contributed by atoms with van der Waals surface area (Å²) in [6, 6.07) is 6.55. The number of aromatic nitrogens is 3. The monoisotopic (exact) mass is 480 g/mol. The molecule has 3 atom stereocenters. The third-order valence-corrected chi connectivity index (χ3v) is 6.21. The normalized spacial score (nSPS) is 20.2. The fourth-order valence-corrected chi connectivity index (χ4v) is 4.42. The smallest absolute Gasteiger partial charge is 0.218 e. The lowest BCUT2D eigenvalue weighted by Crippen LogP contribution is -2.38. The fraction of sp³-hybridized carbons (Fsp3) is 0.435. The Kier molecular flexibility index (Phi) is 6.37. The van der Waals surface area contributed by atoms with Crippen LogP contribution in [0.2, 0.25) is 5.15 Å². The van der Waals surface area contributed by atoms with Crippen molar-refractivity contribution in [1.29, 1.82) is 0 Å². The Labute approximate surface area is 194 Å². The largest absolute Gasteiger partial charge is 0.473 e. The zero-order chi connectivity index (χ0) is 23.9. The van der Waals surface area contributed by atoms with Gasteiger partial charge in [-0.2, -0.15) is 4.98 Å². The Balaban J connectivity index is 1.60. The van der Waals surface area contributed by atoms with Gasteiger partial charge in [0, 0.05) is 30.3 Å². The summed E-state index contributed by atoms with van der Waals surface area (Å²) in [5.41, 5.74) is -1.05. The van der Waals surface area contributed by atoms with Gasteiger partial charge in [-0.3, -0.25) is 4.90 Å². The molecule has 0 saturated carbocycles. The predicted molar refractivity (Wildman–Crippen MR) is 117 cm³/mol. The molecular formula is C23H24ClF3N4O2. The van der Waals surface area contributed by atoms with Gasteiger partial charge >= 0.3 is 0 Å². The molecule has 0 bridgehead atoms. The third kappa shape index (κ3) is 4.70. The molecule has 0 N–H and O–H groups in total. The van der Waals surface area contributed by atoms with Crippen molar-refractivity contribution >= 4 is 11.6 Å². The molecule has 0 spiro atoms. The molecule has 6 nitrogen and oxygen atoms in total. The van der Waals surface area contributed by atoms with Crippen molar-refractivity contribution in [2.24, 2.45) is 0 Å². The van der Waals surface area contributed by atoms with E-state index in [-0.39, 0.29) is 46.0 Å². The third-order valence-electron chi connectivity index (χ3n) is 6.01. The van der Waals surface area contributed by atoms with Crippen LogP contribution in [0.4, 0.5) is 13.2 Å². The summed E-state index contributed by atoms with van der Waals surface area (Å²) in [7, 11) is 1.85. The number of likely N-dealkylation sites (tertiary alicyclic amines) is 1. The van der Waals surface area contributed by atoms with Crippen LogP contribution in [-0.4, -0.2) is 51.9 Å². The summed E-state index contributed by atoms with van der Waals surface area (Å²) in [5, 5.41) is 4.10. The van der Waals surface area contributed by atoms with E-state index in [0.717, 1.165) is 0 Å². The summed E-state index contributed by atoms with van der Waals surface area (Å²) in [5.74, 6) is -0.810. The highest BCUT2D eigenvalue weighted by molar-refractivity contribution is 6.29. The maximum Gasteiger partial charge on any atom is 0.218 e. The van der Waals surface area contributed by atoms with Crippen molar-refractivity contribution in [3.8, 4) is 17.4 Å². The van der Waals surface area contributed by atoms with Gasteiger partial charge in [-0.05, 0) is 46.4 Å². The number of hydrogen-bond acceptors (Lipinski definition) is 6. The van der Waals surface area contributed by atoms with E-state index in [4.69, 9.17) is 20.9 Å². The summed E-state index contributed by atoms with van der Waals surface area (Å²) < 4.78 is 53.9. The maximum absolute atomic E-state index is 14.4. The number of benzene rings is 1. The molecule has 176 valence electrons. The SMILES string of the molecule is C[C@H](Oc1cc(Cl)nc(-c2cc(C(C)(C)c3c(F)cccc3F)on2)n1)[C@@H]1C[C@@H](F)CN1C. The summed E-state index contributed by atoms with van der Waals surface area (Å²) in [6.07, 6.45) is -0.866.